The monoisotopic (exact) mass is 345 g/mol. The van der Waals surface area contributed by atoms with Gasteiger partial charge in [0.05, 0.1) is 0 Å². The van der Waals surface area contributed by atoms with Crippen LogP contribution in [0.25, 0.3) is 0 Å². The van der Waals surface area contributed by atoms with E-state index in [1.807, 2.05) is 18.2 Å². The number of carbonyl (C=O) groups is 2. The molecule has 0 spiro atoms. The second kappa shape index (κ2) is 9.46. The Morgan fingerprint density at radius 3 is 2.64 bits per heavy atom. The number of anilines is 1. The first-order chi connectivity index (χ1) is 12.0. The lowest BCUT2D eigenvalue weighted by molar-refractivity contribution is -0.136. The van der Waals surface area contributed by atoms with Gasteiger partial charge < -0.3 is 19.5 Å². The summed E-state index contributed by atoms with van der Waals surface area (Å²) in [6.07, 6.45) is 2.17. The Bertz CT molecular complexity index is 656. The molecule has 0 saturated heterocycles. The molecule has 2 aromatic rings. The Kier molecular flexibility index (Phi) is 7.00. The molecule has 25 heavy (non-hydrogen) atoms. The molecule has 0 aliphatic rings. The van der Waals surface area contributed by atoms with Gasteiger partial charge in [0.1, 0.15) is 18.6 Å². The first kappa shape index (κ1) is 18.5. The number of ether oxygens (including phenoxy) is 1. The average molecular weight is 345 g/mol. The van der Waals surface area contributed by atoms with E-state index in [-0.39, 0.29) is 25.0 Å². The zero-order valence-electron chi connectivity index (χ0n) is 14.5. The molecule has 7 heteroatoms. The maximum Gasteiger partial charge on any atom is 0.260 e. The average Bonchev–Trinajstić information content (AvgIpc) is 3.10. The minimum Gasteiger partial charge on any atom is -0.484 e. The van der Waals surface area contributed by atoms with Crippen LogP contribution in [0.4, 0.5) is 5.82 Å². The number of carbonyl (C=O) groups excluding carboxylic acids is 2. The molecule has 1 aromatic carbocycles. The van der Waals surface area contributed by atoms with Crippen molar-refractivity contribution in [2.75, 3.05) is 25.0 Å². The number of aromatic nitrogens is 1. The van der Waals surface area contributed by atoms with E-state index < -0.39 is 0 Å². The molecule has 1 heterocycles. The van der Waals surface area contributed by atoms with Gasteiger partial charge in [-0.1, -0.05) is 37.2 Å². The third kappa shape index (κ3) is 6.66. The molecule has 1 N–H and O–H groups in total. The van der Waals surface area contributed by atoms with Crippen LogP contribution in [0.5, 0.6) is 5.75 Å². The van der Waals surface area contributed by atoms with E-state index in [0.29, 0.717) is 24.0 Å². The van der Waals surface area contributed by atoms with Crippen molar-refractivity contribution in [3.63, 3.8) is 0 Å². The number of nitrogens with one attached hydrogen (secondary N) is 1. The van der Waals surface area contributed by atoms with Crippen LogP contribution in [0.2, 0.25) is 0 Å². The third-order valence-corrected chi connectivity index (χ3v) is 3.47. The van der Waals surface area contributed by atoms with Crippen LogP contribution in [0.1, 0.15) is 20.3 Å². The van der Waals surface area contributed by atoms with Crippen LogP contribution < -0.4 is 10.1 Å². The summed E-state index contributed by atoms with van der Waals surface area (Å²) in [7, 11) is 0. The molecule has 7 nitrogen and oxygen atoms in total. The van der Waals surface area contributed by atoms with Crippen molar-refractivity contribution in [1.29, 1.82) is 0 Å². The van der Waals surface area contributed by atoms with Crippen molar-refractivity contribution in [1.82, 2.24) is 10.1 Å². The van der Waals surface area contributed by atoms with Crippen LogP contribution >= 0.6 is 0 Å². The molecule has 0 saturated carbocycles. The van der Waals surface area contributed by atoms with E-state index in [1.165, 1.54) is 17.2 Å². The highest BCUT2D eigenvalue weighted by Crippen LogP contribution is 2.09. The first-order valence-corrected chi connectivity index (χ1v) is 8.20. The van der Waals surface area contributed by atoms with E-state index in [9.17, 15) is 9.59 Å². The Balaban J connectivity index is 1.91. The van der Waals surface area contributed by atoms with Gasteiger partial charge >= 0.3 is 0 Å². The minimum atomic E-state index is -0.328. The zero-order chi connectivity index (χ0) is 18.1. The number of amides is 2. The number of hydrogen-bond acceptors (Lipinski definition) is 5. The fraction of sp³-hybridized carbons (Fsp3) is 0.389. The summed E-state index contributed by atoms with van der Waals surface area (Å²) in [5, 5.41) is 6.21. The molecule has 0 fully saturated rings. The fourth-order valence-electron chi connectivity index (χ4n) is 2.09. The van der Waals surface area contributed by atoms with Gasteiger partial charge in [0.2, 0.25) is 5.91 Å². The summed E-state index contributed by atoms with van der Waals surface area (Å²) in [6.45, 7) is 4.45. The van der Waals surface area contributed by atoms with E-state index in [0.717, 1.165) is 6.42 Å². The van der Waals surface area contributed by atoms with Crippen molar-refractivity contribution in [3.05, 3.63) is 42.7 Å². The van der Waals surface area contributed by atoms with Crippen molar-refractivity contribution < 1.29 is 18.8 Å². The van der Waals surface area contributed by atoms with Crippen molar-refractivity contribution in [2.24, 2.45) is 5.92 Å². The summed E-state index contributed by atoms with van der Waals surface area (Å²) in [6, 6.07) is 10.6. The topological polar surface area (TPSA) is 84.7 Å². The lowest BCUT2D eigenvalue weighted by Crippen LogP contribution is -2.41. The summed E-state index contributed by atoms with van der Waals surface area (Å²) in [5.41, 5.74) is 0. The second-order valence-corrected chi connectivity index (χ2v) is 6.03. The summed E-state index contributed by atoms with van der Waals surface area (Å²) in [4.78, 5) is 26.1. The molecule has 0 radical (unpaired) electrons. The highest BCUT2D eigenvalue weighted by molar-refractivity contribution is 5.93. The Labute approximate surface area is 146 Å². The highest BCUT2D eigenvalue weighted by atomic mass is 16.5. The van der Waals surface area contributed by atoms with Gasteiger partial charge in [-0.25, -0.2) is 0 Å². The van der Waals surface area contributed by atoms with Gasteiger partial charge in [-0.15, -0.1) is 0 Å². The van der Waals surface area contributed by atoms with E-state index >= 15 is 0 Å². The van der Waals surface area contributed by atoms with Crippen molar-refractivity contribution in [3.8, 4) is 5.75 Å². The lowest BCUT2D eigenvalue weighted by atomic mass is 10.1. The zero-order valence-corrected chi connectivity index (χ0v) is 14.5. The molecular formula is C18H23N3O4. The smallest absolute Gasteiger partial charge is 0.260 e. The predicted octanol–water partition coefficient (Wildman–Crippen LogP) is 2.57. The maximum atomic E-state index is 12.5. The largest absolute Gasteiger partial charge is 0.484 e. The molecule has 134 valence electrons. The predicted molar refractivity (Wildman–Crippen MR) is 93.1 cm³/mol. The molecule has 0 bridgehead atoms. The molecule has 2 amide bonds. The van der Waals surface area contributed by atoms with Crippen LogP contribution in [-0.4, -0.2) is 41.6 Å². The SMILES string of the molecule is CC(C)CCN(CC(=O)Nc1ccon1)C(=O)COc1ccccc1. The van der Waals surface area contributed by atoms with Crippen LogP contribution in [0, 0.1) is 5.92 Å². The summed E-state index contributed by atoms with van der Waals surface area (Å²) in [5.74, 6) is 0.794. The van der Waals surface area contributed by atoms with Crippen LogP contribution in [-0.2, 0) is 9.59 Å². The normalized spacial score (nSPS) is 10.5. The summed E-state index contributed by atoms with van der Waals surface area (Å²) < 4.78 is 10.2. The molecule has 2 rings (SSSR count). The third-order valence-electron chi connectivity index (χ3n) is 3.47. The van der Waals surface area contributed by atoms with Gasteiger partial charge in [-0.3, -0.25) is 9.59 Å². The fourth-order valence-corrected chi connectivity index (χ4v) is 2.09. The standard InChI is InChI=1S/C18H23N3O4/c1-14(2)8-10-21(12-17(22)19-16-9-11-25-20-16)18(23)13-24-15-6-4-3-5-7-15/h3-7,9,11,14H,8,10,12-13H2,1-2H3,(H,19,20,22). The second-order valence-electron chi connectivity index (χ2n) is 6.03. The maximum absolute atomic E-state index is 12.5. The summed E-state index contributed by atoms with van der Waals surface area (Å²) >= 11 is 0. The van der Waals surface area contributed by atoms with Gasteiger partial charge in [0.25, 0.3) is 5.91 Å². The Morgan fingerprint density at radius 1 is 1.24 bits per heavy atom. The lowest BCUT2D eigenvalue weighted by Gasteiger charge is -2.23. The number of para-hydroxylation sites is 1. The van der Waals surface area contributed by atoms with Crippen LogP contribution in [0.15, 0.2) is 47.2 Å². The Morgan fingerprint density at radius 2 is 2.00 bits per heavy atom. The number of hydrogen-bond donors (Lipinski definition) is 1. The van der Waals surface area contributed by atoms with Crippen molar-refractivity contribution in [2.45, 2.75) is 20.3 Å². The van der Waals surface area contributed by atoms with Gasteiger partial charge in [0.15, 0.2) is 12.4 Å². The van der Waals surface area contributed by atoms with Gasteiger partial charge in [-0.05, 0) is 24.5 Å². The number of rotatable bonds is 9. The molecule has 0 atom stereocenters. The molecule has 1 aromatic heterocycles. The van der Waals surface area contributed by atoms with Crippen molar-refractivity contribution >= 4 is 17.6 Å². The van der Waals surface area contributed by atoms with Gasteiger partial charge in [0, 0.05) is 12.6 Å². The highest BCUT2D eigenvalue weighted by Gasteiger charge is 2.18. The quantitative estimate of drug-likeness (QED) is 0.755. The van der Waals surface area contributed by atoms with E-state index in [1.54, 1.807) is 12.1 Å². The molecular weight excluding hydrogens is 322 g/mol. The number of benzene rings is 1. The minimum absolute atomic E-state index is 0.0590. The molecule has 0 aliphatic heterocycles. The Hall–Kier alpha value is -2.83. The number of nitrogens with zero attached hydrogens (tertiary/aromatic N) is 2. The van der Waals surface area contributed by atoms with E-state index in [2.05, 4.69) is 28.8 Å². The van der Waals surface area contributed by atoms with E-state index in [4.69, 9.17) is 4.74 Å². The van der Waals surface area contributed by atoms with Gasteiger partial charge in [-0.2, -0.15) is 0 Å². The molecule has 0 unspecified atom stereocenters. The molecule has 0 aliphatic carbocycles. The first-order valence-electron chi connectivity index (χ1n) is 8.20. The van der Waals surface area contributed by atoms with Crippen LogP contribution in [0.3, 0.4) is 0 Å².